The second-order valence-corrected chi connectivity index (χ2v) is 22.5. The van der Waals surface area contributed by atoms with E-state index in [0.29, 0.717) is 6.42 Å². The molecule has 3 saturated heterocycles. The number of hydrogen-bond donors (Lipinski definition) is 12. The van der Waals surface area contributed by atoms with Crippen LogP contribution in [0.2, 0.25) is 0 Å². The summed E-state index contributed by atoms with van der Waals surface area (Å²) in [6.45, 7) is 1.64. The molecule has 1 amide bonds. The van der Waals surface area contributed by atoms with Gasteiger partial charge >= 0.3 is 0 Å². The van der Waals surface area contributed by atoms with Crippen LogP contribution >= 0.6 is 0 Å². The van der Waals surface area contributed by atoms with Crippen molar-refractivity contribution in [3.63, 3.8) is 0 Å². The number of carbonyl (C=O) groups excluding carboxylic acids is 1. The molecule has 19 nitrogen and oxygen atoms in total. The Bertz CT molecular complexity index is 1480. The van der Waals surface area contributed by atoms with Gasteiger partial charge in [-0.25, -0.2) is 0 Å². The first-order valence-electron chi connectivity index (χ1n) is 30.9. The molecular weight excluding hydrogens is 1010 g/mol. The van der Waals surface area contributed by atoms with Crippen LogP contribution in [0.25, 0.3) is 0 Å². The molecule has 3 fully saturated rings. The number of unbranched alkanes of at least 4 members (excludes halogenated alkanes) is 30. The zero-order chi connectivity index (χ0) is 56.9. The highest BCUT2D eigenvalue weighted by atomic mass is 16.8. The number of carbonyl (C=O) groups is 1. The van der Waals surface area contributed by atoms with Crippen LogP contribution in [-0.4, -0.2) is 193 Å². The van der Waals surface area contributed by atoms with Crippen LogP contribution in [0.15, 0.2) is 12.2 Å². The van der Waals surface area contributed by atoms with Crippen molar-refractivity contribution in [3.8, 4) is 0 Å². The molecule has 3 aliphatic heterocycles. The molecule has 17 atom stereocenters. The number of hydrogen-bond acceptors (Lipinski definition) is 18. The minimum atomic E-state index is -1.97. The van der Waals surface area contributed by atoms with Crippen molar-refractivity contribution in [2.75, 3.05) is 26.4 Å². The van der Waals surface area contributed by atoms with E-state index in [-0.39, 0.29) is 18.9 Å². The number of ether oxygens (including phenoxy) is 6. The van der Waals surface area contributed by atoms with E-state index in [4.69, 9.17) is 28.4 Å². The first-order valence-corrected chi connectivity index (χ1v) is 30.9. The van der Waals surface area contributed by atoms with Gasteiger partial charge in [-0.15, -0.1) is 0 Å². The summed E-state index contributed by atoms with van der Waals surface area (Å²) in [6, 6.07) is -0.964. The topological polar surface area (TPSA) is 307 Å². The number of aliphatic hydroxyl groups is 11. The first-order chi connectivity index (χ1) is 37.8. The van der Waals surface area contributed by atoms with E-state index in [1.165, 1.54) is 148 Å². The summed E-state index contributed by atoms with van der Waals surface area (Å²) in [4.78, 5) is 13.2. The average molecular weight is 1120 g/mol. The molecular formula is C59H111NO18. The second kappa shape index (κ2) is 43.2. The predicted molar refractivity (Wildman–Crippen MR) is 296 cm³/mol. The van der Waals surface area contributed by atoms with Crippen LogP contribution in [0.5, 0.6) is 0 Å². The lowest BCUT2D eigenvalue weighted by Crippen LogP contribution is -2.66. The van der Waals surface area contributed by atoms with Gasteiger partial charge < -0.3 is 89.9 Å². The smallest absolute Gasteiger partial charge is 0.220 e. The first kappa shape index (κ1) is 70.8. The van der Waals surface area contributed by atoms with Crippen LogP contribution in [-0.2, 0) is 33.2 Å². The van der Waals surface area contributed by atoms with Crippen LogP contribution in [0.3, 0.4) is 0 Å². The van der Waals surface area contributed by atoms with Crippen molar-refractivity contribution in [1.82, 2.24) is 5.32 Å². The van der Waals surface area contributed by atoms with Gasteiger partial charge in [0.1, 0.15) is 73.2 Å². The highest BCUT2D eigenvalue weighted by molar-refractivity contribution is 5.76. The van der Waals surface area contributed by atoms with Gasteiger partial charge in [-0.05, 0) is 19.3 Å². The molecule has 3 heterocycles. The lowest BCUT2D eigenvalue weighted by atomic mass is 9.96. The standard InChI is InChI=1S/C59H111NO18/c1-3-5-7-9-11-12-13-14-15-16-17-18-19-20-21-22-23-24-25-26-27-28-29-30-31-33-35-37-47(65)60-42(43(64)36-34-32-10-8-6-4-2)41-73-57-53(71)50(68)55(45(39-62)75-57)78-59-54(72)51(69)56(46(40-63)76-59)77-58-52(70)49(67)48(66)44(38-61)74-58/h34,36,42-46,48-59,61-64,66-72H,3-33,35,37-41H2,1-2H3,(H,60,65)/b36-34+. The van der Waals surface area contributed by atoms with E-state index < -0.39 is 124 Å². The minimum Gasteiger partial charge on any atom is -0.394 e. The molecule has 460 valence electrons. The maximum Gasteiger partial charge on any atom is 0.220 e. The molecule has 0 aromatic rings. The third-order valence-corrected chi connectivity index (χ3v) is 15.8. The normalized spacial score (nSPS) is 30.5. The van der Waals surface area contributed by atoms with Crippen LogP contribution < -0.4 is 5.32 Å². The van der Waals surface area contributed by atoms with Crippen molar-refractivity contribution < 1.29 is 89.4 Å². The largest absolute Gasteiger partial charge is 0.394 e. The molecule has 0 aliphatic carbocycles. The molecule has 0 radical (unpaired) electrons. The van der Waals surface area contributed by atoms with Crippen LogP contribution in [0.1, 0.15) is 226 Å². The molecule has 0 aromatic heterocycles. The van der Waals surface area contributed by atoms with Gasteiger partial charge in [0.15, 0.2) is 18.9 Å². The quantitative estimate of drug-likeness (QED) is 0.0254. The molecule has 0 spiro atoms. The number of allylic oxidation sites excluding steroid dienone is 1. The summed E-state index contributed by atoms with van der Waals surface area (Å²) in [5, 5.41) is 120. The Morgan fingerprint density at radius 3 is 1.21 bits per heavy atom. The van der Waals surface area contributed by atoms with E-state index in [0.717, 1.165) is 51.4 Å². The molecule has 17 unspecified atom stereocenters. The summed E-state index contributed by atoms with van der Waals surface area (Å²) in [5.74, 6) is -0.277. The van der Waals surface area contributed by atoms with Crippen molar-refractivity contribution in [2.24, 2.45) is 0 Å². The molecule has 0 bridgehead atoms. The van der Waals surface area contributed by atoms with E-state index in [1.54, 1.807) is 6.08 Å². The zero-order valence-electron chi connectivity index (χ0n) is 47.9. The summed E-state index contributed by atoms with van der Waals surface area (Å²) in [7, 11) is 0. The fourth-order valence-corrected chi connectivity index (χ4v) is 10.7. The molecule has 19 heteroatoms. The Balaban J connectivity index is 1.35. The van der Waals surface area contributed by atoms with E-state index in [2.05, 4.69) is 19.2 Å². The third-order valence-electron chi connectivity index (χ3n) is 15.8. The highest BCUT2D eigenvalue weighted by Gasteiger charge is 2.53. The van der Waals surface area contributed by atoms with Gasteiger partial charge in [0.2, 0.25) is 5.91 Å². The van der Waals surface area contributed by atoms with E-state index in [9.17, 15) is 61.0 Å². The fraction of sp³-hybridized carbons (Fsp3) is 0.949. The van der Waals surface area contributed by atoms with Gasteiger partial charge in [0.25, 0.3) is 0 Å². The molecule has 0 saturated carbocycles. The van der Waals surface area contributed by atoms with Crippen LogP contribution in [0, 0.1) is 0 Å². The number of aliphatic hydroxyl groups excluding tert-OH is 11. The van der Waals surface area contributed by atoms with Crippen molar-refractivity contribution in [2.45, 2.75) is 330 Å². The summed E-state index contributed by atoms with van der Waals surface area (Å²) in [6.07, 6.45) is 17.1. The Morgan fingerprint density at radius 1 is 0.449 bits per heavy atom. The Morgan fingerprint density at radius 2 is 0.795 bits per heavy atom. The van der Waals surface area contributed by atoms with Crippen molar-refractivity contribution in [1.29, 1.82) is 0 Å². The molecule has 12 N–H and O–H groups in total. The van der Waals surface area contributed by atoms with E-state index >= 15 is 0 Å². The fourth-order valence-electron chi connectivity index (χ4n) is 10.7. The second-order valence-electron chi connectivity index (χ2n) is 22.5. The Kier molecular flexibility index (Phi) is 39.2. The summed E-state index contributed by atoms with van der Waals surface area (Å²) in [5.41, 5.74) is 0. The van der Waals surface area contributed by atoms with Gasteiger partial charge in [0, 0.05) is 6.42 Å². The maximum absolute atomic E-state index is 13.2. The molecule has 3 rings (SSSR count). The van der Waals surface area contributed by atoms with E-state index in [1.807, 2.05) is 6.08 Å². The third kappa shape index (κ3) is 26.8. The number of nitrogens with one attached hydrogen (secondary N) is 1. The minimum absolute atomic E-state index is 0.248. The Hall–Kier alpha value is -1.47. The summed E-state index contributed by atoms with van der Waals surface area (Å²) >= 11 is 0. The van der Waals surface area contributed by atoms with Gasteiger partial charge in [-0.2, -0.15) is 0 Å². The SMILES string of the molecule is CCCCCC/C=C/C(O)C(COC1OC(CO)C(OC2OC(CO)C(OC3OC(CO)C(O)C(O)C3O)C(O)C2O)C(O)C1O)NC(=O)CCCCCCCCCCCCCCCCCCCCCCCCCCCCC. The van der Waals surface area contributed by atoms with Crippen molar-refractivity contribution in [3.05, 3.63) is 12.2 Å². The van der Waals surface area contributed by atoms with Crippen LogP contribution in [0.4, 0.5) is 0 Å². The average Bonchev–Trinajstić information content (AvgIpc) is 3.47. The van der Waals surface area contributed by atoms with Crippen molar-refractivity contribution >= 4 is 5.91 Å². The number of rotatable bonds is 46. The highest BCUT2D eigenvalue weighted by Crippen LogP contribution is 2.33. The number of amides is 1. The molecule has 3 aliphatic rings. The predicted octanol–water partition coefficient (Wildman–Crippen LogP) is 5.77. The maximum atomic E-state index is 13.2. The molecule has 0 aromatic carbocycles. The van der Waals surface area contributed by atoms with Gasteiger partial charge in [0.05, 0.1) is 38.6 Å². The Labute approximate surface area is 467 Å². The lowest BCUT2D eigenvalue weighted by Gasteiger charge is -2.48. The zero-order valence-corrected chi connectivity index (χ0v) is 47.9. The molecule has 78 heavy (non-hydrogen) atoms. The lowest BCUT2D eigenvalue weighted by molar-refractivity contribution is -0.379. The monoisotopic (exact) mass is 1120 g/mol. The summed E-state index contributed by atoms with van der Waals surface area (Å²) < 4.78 is 34.1. The van der Waals surface area contributed by atoms with Gasteiger partial charge in [-0.1, -0.05) is 212 Å². The van der Waals surface area contributed by atoms with Gasteiger partial charge in [-0.3, -0.25) is 4.79 Å².